The molecule has 0 saturated carbocycles. The number of carbonyl (C=O) groups excluding carboxylic acids is 5. The van der Waals surface area contributed by atoms with E-state index in [-0.39, 0.29) is 41.8 Å². The van der Waals surface area contributed by atoms with Crippen LogP contribution in [0.3, 0.4) is 0 Å². The standard InChI is InChI=1S/C46H51N7O10S2/c1-44(2,3)61-41(57)46(7,8)63-53-37(32-25-65-42(51-32)52-43(58)62-45(4,5)6)34(54)19-29-31(49-38(29)55)21-48-39(56)33-26-64-40(50-33)30-20-35(59-23-27-15-11-9-12-16-27)36(22-47-30)60-24-28-17-13-10-14-18-28/h9-18,20,22,25-26,29,31H,19,21,23-24H2,1-8H3,(H,48,56)(H,49,55)(H,51,52,58)/b53-37-/t29-,31+/m0/s1. The molecule has 1 saturated heterocycles. The molecule has 0 aliphatic carbocycles. The van der Waals surface area contributed by atoms with Crippen molar-refractivity contribution in [3.8, 4) is 22.2 Å². The fourth-order valence-electron chi connectivity index (χ4n) is 5.89. The van der Waals surface area contributed by atoms with E-state index >= 15 is 0 Å². The van der Waals surface area contributed by atoms with E-state index in [1.54, 1.807) is 59.2 Å². The molecule has 0 spiro atoms. The Balaban J connectivity index is 1.12. The summed E-state index contributed by atoms with van der Waals surface area (Å²) in [4.78, 5) is 84.6. The number of ketones is 1. The van der Waals surface area contributed by atoms with Gasteiger partial charge in [-0.15, -0.1) is 22.7 Å². The first-order valence-corrected chi connectivity index (χ1v) is 22.4. The van der Waals surface area contributed by atoms with E-state index in [0.29, 0.717) is 28.8 Å². The van der Waals surface area contributed by atoms with Crippen LogP contribution in [0.15, 0.2) is 88.8 Å². The highest BCUT2D eigenvalue weighted by atomic mass is 32.1. The number of anilines is 1. The number of β-lactam (4-membered cyclic amide) rings is 1. The van der Waals surface area contributed by atoms with Crippen molar-refractivity contribution >= 4 is 63.2 Å². The molecule has 0 unspecified atom stereocenters. The van der Waals surface area contributed by atoms with E-state index < -0.39 is 58.4 Å². The number of Topliss-reactive ketones (excluding diaryl/α,β-unsaturated/α-hetero) is 1. The molecule has 1 fully saturated rings. The smallest absolute Gasteiger partial charge is 0.413 e. The fraction of sp³-hybridized carbons (Fsp3) is 0.370. The lowest BCUT2D eigenvalue weighted by atomic mass is 9.84. The molecule has 0 radical (unpaired) electrons. The van der Waals surface area contributed by atoms with Gasteiger partial charge in [-0.25, -0.2) is 24.5 Å². The quantitative estimate of drug-likeness (QED) is 0.0336. The third kappa shape index (κ3) is 13.6. The number of nitrogens with zero attached hydrogens (tertiary/aromatic N) is 4. The van der Waals surface area contributed by atoms with Crippen molar-refractivity contribution < 1.29 is 47.8 Å². The van der Waals surface area contributed by atoms with Gasteiger partial charge in [-0.1, -0.05) is 65.8 Å². The molecule has 6 rings (SSSR count). The molecule has 19 heteroatoms. The highest BCUT2D eigenvalue weighted by Crippen LogP contribution is 2.34. The first-order chi connectivity index (χ1) is 30.7. The lowest BCUT2D eigenvalue weighted by Crippen LogP contribution is -2.62. The molecule has 4 heterocycles. The maximum absolute atomic E-state index is 14.0. The maximum atomic E-state index is 14.0. The number of esters is 1. The van der Waals surface area contributed by atoms with Crippen LogP contribution in [0.25, 0.3) is 10.7 Å². The number of oxime groups is 1. The summed E-state index contributed by atoms with van der Waals surface area (Å²) in [6.07, 6.45) is 0.461. The van der Waals surface area contributed by atoms with Crippen molar-refractivity contribution in [2.24, 2.45) is 11.1 Å². The number of nitrogens with one attached hydrogen (secondary N) is 3. The Morgan fingerprint density at radius 3 is 2.02 bits per heavy atom. The van der Waals surface area contributed by atoms with Crippen molar-refractivity contribution in [2.75, 3.05) is 11.9 Å². The summed E-state index contributed by atoms with van der Waals surface area (Å²) >= 11 is 2.22. The van der Waals surface area contributed by atoms with Crippen molar-refractivity contribution in [1.82, 2.24) is 25.6 Å². The summed E-state index contributed by atoms with van der Waals surface area (Å²) in [7, 11) is 0. The number of pyridine rings is 1. The van der Waals surface area contributed by atoms with Crippen LogP contribution in [0.1, 0.15) is 89.1 Å². The van der Waals surface area contributed by atoms with Gasteiger partial charge in [-0.3, -0.25) is 19.7 Å². The summed E-state index contributed by atoms with van der Waals surface area (Å²) in [5.41, 5.74) is -0.971. The van der Waals surface area contributed by atoms with Gasteiger partial charge in [0, 0.05) is 29.8 Å². The molecule has 0 bridgehead atoms. The molecule has 3 aromatic heterocycles. The molecule has 3 amide bonds. The Kier molecular flexibility index (Phi) is 15.0. The Morgan fingerprint density at radius 1 is 0.785 bits per heavy atom. The second-order valence-corrected chi connectivity index (χ2v) is 19.1. The van der Waals surface area contributed by atoms with Crippen molar-refractivity contribution in [2.45, 2.75) is 97.9 Å². The zero-order valence-corrected chi connectivity index (χ0v) is 38.9. The van der Waals surface area contributed by atoms with E-state index in [4.69, 9.17) is 23.8 Å². The topological polar surface area (TPSA) is 219 Å². The van der Waals surface area contributed by atoms with Crippen molar-refractivity contribution in [1.29, 1.82) is 0 Å². The zero-order chi connectivity index (χ0) is 46.9. The highest BCUT2D eigenvalue weighted by molar-refractivity contribution is 7.14. The van der Waals surface area contributed by atoms with Gasteiger partial charge in [0.1, 0.15) is 46.5 Å². The second-order valence-electron chi connectivity index (χ2n) is 17.4. The number of amides is 3. The van der Waals surface area contributed by atoms with Crippen LogP contribution >= 0.6 is 22.7 Å². The lowest BCUT2D eigenvalue weighted by molar-refractivity contribution is -0.179. The van der Waals surface area contributed by atoms with Gasteiger partial charge < -0.3 is 34.4 Å². The molecule has 1 aliphatic heterocycles. The van der Waals surface area contributed by atoms with Crippen molar-refractivity contribution in [3.63, 3.8) is 0 Å². The van der Waals surface area contributed by atoms with Gasteiger partial charge in [0.25, 0.3) is 5.91 Å². The molecule has 342 valence electrons. The van der Waals surface area contributed by atoms with Gasteiger partial charge in [0.05, 0.1) is 18.2 Å². The molecular weight excluding hydrogens is 875 g/mol. The van der Waals surface area contributed by atoms with Crippen LogP contribution in [-0.2, 0) is 41.9 Å². The Labute approximate surface area is 384 Å². The van der Waals surface area contributed by atoms with Crippen LogP contribution in [-0.4, -0.2) is 79.7 Å². The number of carbonyl (C=O) groups is 5. The zero-order valence-electron chi connectivity index (χ0n) is 37.3. The molecule has 2 atom stereocenters. The van der Waals surface area contributed by atoms with E-state index in [1.807, 2.05) is 60.7 Å². The monoisotopic (exact) mass is 925 g/mol. The van der Waals surface area contributed by atoms with Crippen LogP contribution < -0.4 is 25.4 Å². The minimum absolute atomic E-state index is 0.0200. The van der Waals surface area contributed by atoms with Crippen molar-refractivity contribution in [3.05, 3.63) is 106 Å². The molecular formula is C46H51N7O10S2. The first-order valence-electron chi connectivity index (χ1n) is 20.6. The molecule has 3 N–H and O–H groups in total. The largest absolute Gasteiger partial charge is 0.485 e. The number of hydrogen-bond donors (Lipinski definition) is 3. The van der Waals surface area contributed by atoms with E-state index in [2.05, 4.69) is 36.1 Å². The van der Waals surface area contributed by atoms with Gasteiger partial charge in [0.15, 0.2) is 28.1 Å². The maximum Gasteiger partial charge on any atom is 0.413 e. The fourth-order valence-corrected chi connectivity index (χ4v) is 7.34. The number of hydrogen-bond acceptors (Lipinski definition) is 16. The second kappa shape index (κ2) is 20.4. The number of thiazole rings is 2. The Morgan fingerprint density at radius 2 is 1.40 bits per heavy atom. The van der Waals surface area contributed by atoms with E-state index in [0.717, 1.165) is 22.5 Å². The number of benzene rings is 2. The molecule has 65 heavy (non-hydrogen) atoms. The average molecular weight is 926 g/mol. The lowest BCUT2D eigenvalue weighted by Gasteiger charge is -2.36. The van der Waals surface area contributed by atoms with Crippen LogP contribution in [0.4, 0.5) is 9.93 Å². The van der Waals surface area contributed by atoms with Gasteiger partial charge >= 0.3 is 12.1 Å². The SMILES string of the molecule is CC(C)(C)OC(=O)Nc1nc(/C(=N/OC(C)(C)C(=O)OC(C)(C)C)C(=O)C[C@@H]2C(=O)N[C@@H]2CNC(=O)c2csc(-c3cc(OCc4ccccc4)c(OCc4ccccc4)cn3)n2)cs1. The predicted octanol–water partition coefficient (Wildman–Crippen LogP) is 7.51. The average Bonchev–Trinajstić information content (AvgIpc) is 3.93. The third-order valence-corrected chi connectivity index (χ3v) is 10.8. The summed E-state index contributed by atoms with van der Waals surface area (Å²) in [6.45, 7) is 13.7. The minimum Gasteiger partial charge on any atom is -0.485 e. The van der Waals surface area contributed by atoms with Crippen LogP contribution in [0.2, 0.25) is 0 Å². The Hall–Kier alpha value is -6.73. The summed E-state index contributed by atoms with van der Waals surface area (Å²) in [5, 5.41) is 15.8. The summed E-state index contributed by atoms with van der Waals surface area (Å²) < 4.78 is 23.1. The molecule has 2 aromatic carbocycles. The molecule has 5 aromatic rings. The normalized spacial score (nSPS) is 15.2. The highest BCUT2D eigenvalue weighted by Gasteiger charge is 2.42. The summed E-state index contributed by atoms with van der Waals surface area (Å²) in [5.74, 6) is -2.26. The predicted molar refractivity (Wildman–Crippen MR) is 244 cm³/mol. The van der Waals surface area contributed by atoms with Gasteiger partial charge in [0.2, 0.25) is 11.5 Å². The first kappa shape index (κ1) is 47.7. The number of ether oxygens (including phenoxy) is 4. The summed E-state index contributed by atoms with van der Waals surface area (Å²) in [6, 6.07) is 20.5. The van der Waals surface area contributed by atoms with Gasteiger partial charge in [-0.2, -0.15) is 0 Å². The molecule has 17 nitrogen and oxygen atoms in total. The van der Waals surface area contributed by atoms with Crippen LogP contribution in [0, 0.1) is 5.92 Å². The van der Waals surface area contributed by atoms with Gasteiger partial charge in [-0.05, 0) is 66.5 Å². The number of rotatable bonds is 18. The third-order valence-electron chi connectivity index (χ3n) is 9.17. The minimum atomic E-state index is -1.63. The molecule has 1 aliphatic rings. The van der Waals surface area contributed by atoms with Crippen LogP contribution in [0.5, 0.6) is 11.5 Å². The Bertz CT molecular complexity index is 2530. The van der Waals surface area contributed by atoms with E-state index in [9.17, 15) is 24.0 Å². The van der Waals surface area contributed by atoms with E-state index in [1.165, 1.54) is 30.6 Å². The number of aromatic nitrogens is 3.